The quantitative estimate of drug-likeness (QED) is 0.791. The van der Waals surface area contributed by atoms with E-state index in [1.807, 2.05) is 18.7 Å². The monoisotopic (exact) mass is 260 g/mol. The van der Waals surface area contributed by atoms with Gasteiger partial charge in [0.25, 0.3) is 0 Å². The third-order valence-electron chi connectivity index (χ3n) is 2.75. The molecular formula is C12H24N2O2S. The van der Waals surface area contributed by atoms with E-state index in [0.717, 1.165) is 6.54 Å². The van der Waals surface area contributed by atoms with Crippen LogP contribution in [-0.2, 0) is 0 Å². The number of hydrogen-bond donors (Lipinski definition) is 2. The molecular weight excluding hydrogens is 236 g/mol. The number of aliphatic hydroxyl groups is 1. The van der Waals surface area contributed by atoms with Crippen LogP contribution in [0.25, 0.3) is 0 Å². The number of amides is 2. The average Bonchev–Trinajstić information content (AvgIpc) is 2.74. The van der Waals surface area contributed by atoms with Crippen LogP contribution in [0.5, 0.6) is 0 Å². The van der Waals surface area contributed by atoms with Crippen molar-refractivity contribution in [2.24, 2.45) is 0 Å². The molecule has 1 heterocycles. The second kappa shape index (κ2) is 6.50. The predicted octanol–water partition coefficient (Wildman–Crippen LogP) is 1.68. The minimum absolute atomic E-state index is 0.0675. The molecule has 0 bridgehead atoms. The zero-order chi connectivity index (χ0) is 12.9. The van der Waals surface area contributed by atoms with Crippen molar-refractivity contribution in [3.8, 4) is 0 Å². The van der Waals surface area contributed by atoms with E-state index in [1.54, 1.807) is 18.7 Å². The molecule has 5 heteroatoms. The summed E-state index contributed by atoms with van der Waals surface area (Å²) in [4.78, 5) is 13.6. The van der Waals surface area contributed by atoms with Crippen molar-refractivity contribution in [1.29, 1.82) is 0 Å². The van der Waals surface area contributed by atoms with Crippen molar-refractivity contribution in [1.82, 2.24) is 10.2 Å². The summed E-state index contributed by atoms with van der Waals surface area (Å²) in [5, 5.41) is 13.2. The number of carbonyl (C=O) groups is 1. The highest BCUT2D eigenvalue weighted by Crippen LogP contribution is 2.25. The van der Waals surface area contributed by atoms with E-state index < -0.39 is 5.60 Å². The molecule has 4 nitrogen and oxygen atoms in total. The summed E-state index contributed by atoms with van der Waals surface area (Å²) >= 11 is 1.93. The van der Waals surface area contributed by atoms with Gasteiger partial charge in [0.2, 0.25) is 0 Å². The molecule has 17 heavy (non-hydrogen) atoms. The molecule has 0 aliphatic carbocycles. The topological polar surface area (TPSA) is 52.6 Å². The summed E-state index contributed by atoms with van der Waals surface area (Å²) in [6.07, 6.45) is 2.45. The molecule has 0 aromatic carbocycles. The van der Waals surface area contributed by atoms with E-state index in [4.69, 9.17) is 0 Å². The molecule has 0 aromatic heterocycles. The first-order valence-electron chi connectivity index (χ1n) is 6.29. The van der Waals surface area contributed by atoms with Gasteiger partial charge in [0.1, 0.15) is 0 Å². The molecule has 2 amide bonds. The minimum atomic E-state index is -0.838. The molecule has 2 N–H and O–H groups in total. The van der Waals surface area contributed by atoms with E-state index in [9.17, 15) is 9.90 Å². The maximum Gasteiger partial charge on any atom is 0.317 e. The first-order valence-corrected chi connectivity index (χ1v) is 7.34. The largest absolute Gasteiger partial charge is 0.389 e. The van der Waals surface area contributed by atoms with Gasteiger partial charge in [0, 0.05) is 18.3 Å². The molecule has 1 aliphatic heterocycles. The number of hydrogen-bond acceptors (Lipinski definition) is 3. The third kappa shape index (κ3) is 5.64. The van der Waals surface area contributed by atoms with Crippen LogP contribution in [0.15, 0.2) is 0 Å². The molecule has 0 aromatic rings. The lowest BCUT2D eigenvalue weighted by Crippen LogP contribution is -2.47. The van der Waals surface area contributed by atoms with Gasteiger partial charge in [0.05, 0.1) is 12.1 Å². The Labute approximate surface area is 108 Å². The van der Waals surface area contributed by atoms with Crippen LogP contribution in [0.2, 0.25) is 0 Å². The number of nitrogens with one attached hydrogen (secondary N) is 1. The van der Waals surface area contributed by atoms with Crippen molar-refractivity contribution < 1.29 is 9.90 Å². The van der Waals surface area contributed by atoms with Gasteiger partial charge in [-0.1, -0.05) is 0 Å². The smallest absolute Gasteiger partial charge is 0.317 e. The average molecular weight is 260 g/mol. The molecule has 1 rings (SSSR count). The fourth-order valence-corrected chi connectivity index (χ4v) is 3.11. The fraction of sp³-hybridized carbons (Fsp3) is 0.917. The normalized spacial score (nSPS) is 20.4. The van der Waals surface area contributed by atoms with E-state index in [0.29, 0.717) is 18.3 Å². The Hall–Kier alpha value is -0.420. The Kier molecular flexibility index (Phi) is 5.59. The highest BCUT2D eigenvalue weighted by Gasteiger charge is 2.22. The van der Waals surface area contributed by atoms with Gasteiger partial charge in [-0.25, -0.2) is 4.79 Å². The molecule has 100 valence electrons. The Balaban J connectivity index is 2.32. The molecule has 1 aliphatic rings. The van der Waals surface area contributed by atoms with Gasteiger partial charge >= 0.3 is 6.03 Å². The zero-order valence-corrected chi connectivity index (χ0v) is 11.8. The number of nitrogens with zero attached hydrogens (tertiary/aromatic N) is 1. The number of rotatable bonds is 5. The maximum atomic E-state index is 11.9. The van der Waals surface area contributed by atoms with Crippen molar-refractivity contribution in [2.45, 2.75) is 44.5 Å². The van der Waals surface area contributed by atoms with Crippen molar-refractivity contribution >= 4 is 17.8 Å². The van der Waals surface area contributed by atoms with Gasteiger partial charge < -0.3 is 15.3 Å². The second-order valence-electron chi connectivity index (χ2n) is 5.15. The Bertz CT molecular complexity index is 247. The van der Waals surface area contributed by atoms with Crippen LogP contribution < -0.4 is 5.32 Å². The molecule has 0 radical (unpaired) electrons. The lowest BCUT2D eigenvalue weighted by Gasteiger charge is -2.28. The summed E-state index contributed by atoms with van der Waals surface area (Å²) in [5.41, 5.74) is -0.838. The molecule has 1 atom stereocenters. The SMILES string of the molecule is CCN(CC(C)(C)O)C(=O)NCC1CCCS1. The molecule has 1 unspecified atom stereocenters. The molecule has 1 fully saturated rings. The van der Waals surface area contributed by atoms with Crippen molar-refractivity contribution in [3.05, 3.63) is 0 Å². The number of thioether (sulfide) groups is 1. The van der Waals surface area contributed by atoms with E-state index >= 15 is 0 Å². The van der Waals surface area contributed by atoms with Crippen molar-refractivity contribution in [3.63, 3.8) is 0 Å². The third-order valence-corrected chi connectivity index (χ3v) is 4.15. The summed E-state index contributed by atoms with van der Waals surface area (Å²) in [5.74, 6) is 1.21. The lowest BCUT2D eigenvalue weighted by molar-refractivity contribution is 0.0480. The lowest BCUT2D eigenvalue weighted by atomic mass is 10.1. The van der Waals surface area contributed by atoms with E-state index in [1.165, 1.54) is 18.6 Å². The predicted molar refractivity (Wildman–Crippen MR) is 72.4 cm³/mol. The zero-order valence-electron chi connectivity index (χ0n) is 11.0. The van der Waals surface area contributed by atoms with Gasteiger partial charge in [-0.2, -0.15) is 11.8 Å². The highest BCUT2D eigenvalue weighted by molar-refractivity contribution is 8.00. The van der Waals surface area contributed by atoms with Gasteiger partial charge in [-0.05, 0) is 39.4 Å². The number of likely N-dealkylation sites (N-methyl/N-ethyl adjacent to an activating group) is 1. The van der Waals surface area contributed by atoms with Crippen molar-refractivity contribution in [2.75, 3.05) is 25.4 Å². The fourth-order valence-electron chi connectivity index (χ4n) is 1.91. The van der Waals surface area contributed by atoms with Crippen LogP contribution >= 0.6 is 11.8 Å². The van der Waals surface area contributed by atoms with Crippen LogP contribution in [0.1, 0.15) is 33.6 Å². The van der Waals surface area contributed by atoms with Gasteiger partial charge in [-0.15, -0.1) is 0 Å². The minimum Gasteiger partial charge on any atom is -0.389 e. The molecule has 0 saturated carbocycles. The van der Waals surface area contributed by atoms with Gasteiger partial charge in [0.15, 0.2) is 0 Å². The summed E-state index contributed by atoms with van der Waals surface area (Å²) in [7, 11) is 0. The maximum absolute atomic E-state index is 11.9. The van der Waals surface area contributed by atoms with Crippen LogP contribution in [0.4, 0.5) is 4.79 Å². The second-order valence-corrected chi connectivity index (χ2v) is 6.56. The van der Waals surface area contributed by atoms with E-state index in [-0.39, 0.29) is 6.03 Å². The number of urea groups is 1. The Morgan fingerprint density at radius 1 is 1.59 bits per heavy atom. The number of carbonyl (C=O) groups excluding carboxylic acids is 1. The van der Waals surface area contributed by atoms with Crippen LogP contribution in [0, 0.1) is 0 Å². The van der Waals surface area contributed by atoms with Gasteiger partial charge in [-0.3, -0.25) is 0 Å². The summed E-state index contributed by atoms with van der Waals surface area (Å²) in [6.45, 7) is 7.09. The summed E-state index contributed by atoms with van der Waals surface area (Å²) in [6, 6.07) is -0.0675. The van der Waals surface area contributed by atoms with Crippen LogP contribution in [0.3, 0.4) is 0 Å². The van der Waals surface area contributed by atoms with Crippen LogP contribution in [-0.4, -0.2) is 52.3 Å². The molecule has 0 spiro atoms. The Morgan fingerprint density at radius 3 is 2.76 bits per heavy atom. The highest BCUT2D eigenvalue weighted by atomic mass is 32.2. The molecule has 1 saturated heterocycles. The van der Waals surface area contributed by atoms with E-state index in [2.05, 4.69) is 5.32 Å². The first-order chi connectivity index (χ1) is 7.92. The first kappa shape index (κ1) is 14.6. The Morgan fingerprint density at radius 2 is 2.29 bits per heavy atom. The standard InChI is InChI=1S/C12H24N2O2S/c1-4-14(9-12(2,3)16)11(15)13-8-10-6-5-7-17-10/h10,16H,4-9H2,1-3H3,(H,13,15). The summed E-state index contributed by atoms with van der Waals surface area (Å²) < 4.78 is 0.